The number of nitrogens with two attached hydrogens (primary N) is 1. The van der Waals surface area contributed by atoms with Gasteiger partial charge in [-0.2, -0.15) is 0 Å². The summed E-state index contributed by atoms with van der Waals surface area (Å²) in [6.07, 6.45) is 0.503. The number of nitrogens with zero attached hydrogens (tertiary/aromatic N) is 1. The van der Waals surface area contributed by atoms with E-state index in [1.165, 1.54) is 17.4 Å². The Labute approximate surface area is 127 Å². The van der Waals surface area contributed by atoms with Gasteiger partial charge >= 0.3 is 0 Å². The molecule has 0 atom stereocenters. The van der Waals surface area contributed by atoms with E-state index < -0.39 is 5.82 Å². The van der Waals surface area contributed by atoms with Crippen LogP contribution in [0.4, 0.5) is 10.1 Å². The molecule has 2 rings (SSSR count). The summed E-state index contributed by atoms with van der Waals surface area (Å²) in [4.78, 5) is 14.7. The Bertz CT molecular complexity index is 654. The molecule has 1 heterocycles. The highest BCUT2D eigenvalue weighted by molar-refractivity contribution is 7.21. The van der Waals surface area contributed by atoms with Crippen molar-refractivity contribution in [3.63, 3.8) is 0 Å². The fourth-order valence-electron chi connectivity index (χ4n) is 2.25. The van der Waals surface area contributed by atoms with Crippen molar-refractivity contribution in [3.8, 4) is 0 Å². The van der Waals surface area contributed by atoms with Crippen molar-refractivity contribution in [1.29, 1.82) is 0 Å². The predicted molar refractivity (Wildman–Crippen MR) is 84.1 cm³/mol. The highest BCUT2D eigenvalue weighted by atomic mass is 32.1. The first-order valence-electron chi connectivity index (χ1n) is 6.85. The van der Waals surface area contributed by atoms with Crippen LogP contribution >= 0.6 is 11.3 Å². The zero-order valence-corrected chi connectivity index (χ0v) is 12.9. The van der Waals surface area contributed by atoms with Crippen LogP contribution in [0.15, 0.2) is 18.2 Å². The molecular formula is C15H19FN2O2S. The normalized spacial score (nSPS) is 11.3. The van der Waals surface area contributed by atoms with E-state index in [4.69, 9.17) is 10.8 Å². The third kappa shape index (κ3) is 3.01. The number of aliphatic hydroxyl groups excluding tert-OH is 1. The monoisotopic (exact) mass is 310 g/mol. The minimum atomic E-state index is -0.410. The molecule has 1 aromatic carbocycles. The standard InChI is InChI=1S/C15H19FN2O2S/c1-9(2)18(7-4-8-19)15(20)14-13(17)12-10(16)5-3-6-11(12)21-14/h3,5-6,9,19H,4,7-8,17H2,1-2H3. The van der Waals surface area contributed by atoms with Crippen LogP contribution in [-0.2, 0) is 0 Å². The number of thiophene rings is 1. The van der Waals surface area contributed by atoms with Gasteiger partial charge < -0.3 is 15.7 Å². The highest BCUT2D eigenvalue weighted by Crippen LogP contribution is 2.36. The topological polar surface area (TPSA) is 66.6 Å². The van der Waals surface area contributed by atoms with Crippen molar-refractivity contribution in [2.45, 2.75) is 26.3 Å². The number of hydrogen-bond acceptors (Lipinski definition) is 4. The maximum absolute atomic E-state index is 13.9. The Morgan fingerprint density at radius 2 is 2.19 bits per heavy atom. The SMILES string of the molecule is CC(C)N(CCCO)C(=O)c1sc2cccc(F)c2c1N. The molecule has 4 nitrogen and oxygen atoms in total. The fourth-order valence-corrected chi connectivity index (χ4v) is 3.35. The van der Waals surface area contributed by atoms with Crippen LogP contribution in [0.1, 0.15) is 29.9 Å². The maximum atomic E-state index is 13.9. The average molecular weight is 310 g/mol. The Hall–Kier alpha value is -1.66. The van der Waals surface area contributed by atoms with Gasteiger partial charge in [-0.15, -0.1) is 11.3 Å². The summed E-state index contributed by atoms with van der Waals surface area (Å²) in [5.41, 5.74) is 6.18. The first-order chi connectivity index (χ1) is 9.97. The molecule has 1 aromatic heterocycles. The molecule has 0 saturated heterocycles. The number of fused-ring (bicyclic) bond motifs is 1. The summed E-state index contributed by atoms with van der Waals surface area (Å²) in [6, 6.07) is 4.68. The van der Waals surface area contributed by atoms with E-state index in [2.05, 4.69) is 0 Å². The second-order valence-electron chi connectivity index (χ2n) is 5.13. The van der Waals surface area contributed by atoms with E-state index >= 15 is 0 Å². The van der Waals surface area contributed by atoms with Crippen molar-refractivity contribution in [2.24, 2.45) is 0 Å². The van der Waals surface area contributed by atoms with Crippen LogP contribution in [-0.4, -0.2) is 35.1 Å². The van der Waals surface area contributed by atoms with Crippen LogP contribution in [0.5, 0.6) is 0 Å². The number of aliphatic hydroxyl groups is 1. The van der Waals surface area contributed by atoms with Crippen molar-refractivity contribution in [2.75, 3.05) is 18.9 Å². The molecular weight excluding hydrogens is 291 g/mol. The number of hydrogen-bond donors (Lipinski definition) is 2. The Balaban J connectivity index is 2.42. The molecule has 0 radical (unpaired) electrons. The maximum Gasteiger partial charge on any atom is 0.266 e. The van der Waals surface area contributed by atoms with E-state index in [0.29, 0.717) is 27.9 Å². The van der Waals surface area contributed by atoms with Crippen LogP contribution in [0.2, 0.25) is 0 Å². The summed E-state index contributed by atoms with van der Waals surface area (Å²) < 4.78 is 14.5. The van der Waals surface area contributed by atoms with Gasteiger partial charge in [0, 0.05) is 23.9 Å². The summed E-state index contributed by atoms with van der Waals surface area (Å²) in [5.74, 6) is -0.622. The van der Waals surface area contributed by atoms with E-state index in [1.807, 2.05) is 13.8 Å². The Morgan fingerprint density at radius 1 is 1.48 bits per heavy atom. The van der Waals surface area contributed by atoms with E-state index in [0.717, 1.165) is 0 Å². The highest BCUT2D eigenvalue weighted by Gasteiger charge is 2.24. The largest absolute Gasteiger partial charge is 0.397 e. The van der Waals surface area contributed by atoms with Crippen molar-refractivity contribution >= 4 is 33.0 Å². The zero-order chi connectivity index (χ0) is 15.6. The third-order valence-corrected chi connectivity index (χ3v) is 4.50. The van der Waals surface area contributed by atoms with E-state index in [-0.39, 0.29) is 24.2 Å². The molecule has 114 valence electrons. The number of benzene rings is 1. The molecule has 0 aliphatic carbocycles. The van der Waals surface area contributed by atoms with Gasteiger partial charge in [0.25, 0.3) is 5.91 Å². The van der Waals surface area contributed by atoms with Crippen molar-refractivity contribution < 1.29 is 14.3 Å². The molecule has 0 fully saturated rings. The second kappa shape index (κ2) is 6.41. The van der Waals surface area contributed by atoms with Crippen LogP contribution in [0.25, 0.3) is 10.1 Å². The minimum absolute atomic E-state index is 0.0153. The minimum Gasteiger partial charge on any atom is -0.397 e. The first-order valence-corrected chi connectivity index (χ1v) is 7.67. The molecule has 3 N–H and O–H groups in total. The number of nitrogen functional groups attached to an aromatic ring is 1. The lowest BCUT2D eigenvalue weighted by atomic mass is 10.2. The number of rotatable bonds is 5. The summed E-state index contributed by atoms with van der Waals surface area (Å²) >= 11 is 1.21. The summed E-state index contributed by atoms with van der Waals surface area (Å²) in [7, 11) is 0. The Kier molecular flexibility index (Phi) is 4.80. The molecule has 0 spiro atoms. The molecule has 0 aliphatic rings. The summed E-state index contributed by atoms with van der Waals surface area (Å²) in [6.45, 7) is 4.27. The molecule has 0 saturated carbocycles. The fraction of sp³-hybridized carbons (Fsp3) is 0.400. The van der Waals surface area contributed by atoms with Crippen LogP contribution in [0, 0.1) is 5.82 Å². The van der Waals surface area contributed by atoms with Crippen LogP contribution in [0.3, 0.4) is 0 Å². The number of amides is 1. The molecule has 1 amide bonds. The molecule has 2 aromatic rings. The van der Waals surface area contributed by atoms with Gasteiger partial charge in [-0.05, 0) is 32.4 Å². The molecule has 0 aliphatic heterocycles. The van der Waals surface area contributed by atoms with Crippen molar-refractivity contribution in [1.82, 2.24) is 4.90 Å². The molecule has 0 bridgehead atoms. The third-order valence-electron chi connectivity index (χ3n) is 3.34. The van der Waals surface area contributed by atoms with Gasteiger partial charge in [0.15, 0.2) is 0 Å². The molecule has 0 unspecified atom stereocenters. The number of carbonyl (C=O) groups is 1. The predicted octanol–water partition coefficient (Wildman–Crippen LogP) is 2.86. The lowest BCUT2D eigenvalue weighted by molar-refractivity contribution is 0.0699. The van der Waals surface area contributed by atoms with Gasteiger partial charge in [0.05, 0.1) is 11.1 Å². The zero-order valence-electron chi connectivity index (χ0n) is 12.1. The van der Waals surface area contributed by atoms with Gasteiger partial charge in [-0.1, -0.05) is 6.07 Å². The Morgan fingerprint density at radius 3 is 2.76 bits per heavy atom. The number of carbonyl (C=O) groups excluding carboxylic acids is 1. The summed E-state index contributed by atoms with van der Waals surface area (Å²) in [5, 5.41) is 9.26. The van der Waals surface area contributed by atoms with Gasteiger partial charge in [-0.3, -0.25) is 4.79 Å². The number of anilines is 1. The van der Waals surface area contributed by atoms with Crippen LogP contribution < -0.4 is 5.73 Å². The smallest absolute Gasteiger partial charge is 0.266 e. The van der Waals surface area contributed by atoms with E-state index in [9.17, 15) is 9.18 Å². The van der Waals surface area contributed by atoms with Crippen molar-refractivity contribution in [3.05, 3.63) is 28.9 Å². The molecule has 6 heteroatoms. The van der Waals surface area contributed by atoms with E-state index in [1.54, 1.807) is 17.0 Å². The second-order valence-corrected chi connectivity index (χ2v) is 6.18. The quantitative estimate of drug-likeness (QED) is 0.892. The van der Waals surface area contributed by atoms with Gasteiger partial charge in [0.1, 0.15) is 10.7 Å². The first kappa shape index (κ1) is 15.7. The number of halogens is 1. The van der Waals surface area contributed by atoms with Gasteiger partial charge in [0.2, 0.25) is 0 Å². The lowest BCUT2D eigenvalue weighted by Gasteiger charge is -2.26. The van der Waals surface area contributed by atoms with Gasteiger partial charge in [-0.25, -0.2) is 4.39 Å². The average Bonchev–Trinajstić information content (AvgIpc) is 2.77. The molecule has 21 heavy (non-hydrogen) atoms. The lowest BCUT2D eigenvalue weighted by Crippen LogP contribution is -2.37.